The van der Waals surface area contributed by atoms with Crippen molar-refractivity contribution in [2.45, 2.75) is 75.4 Å². The maximum Gasteiger partial charge on any atom is 0.303 e. The molecule has 3 atom stereocenters. The fraction of sp³-hybridized carbons (Fsp3) is 0.419. The molecule has 0 N–H and O–H groups in total. The first-order valence-corrected chi connectivity index (χ1v) is 14.7. The maximum atomic E-state index is 14.0. The molecule has 2 fully saturated rings. The third-order valence-corrected chi connectivity index (χ3v) is 9.75. The lowest BCUT2D eigenvalue weighted by Crippen LogP contribution is -2.14. The van der Waals surface area contributed by atoms with Gasteiger partial charge in [-0.3, -0.25) is 9.78 Å². The van der Waals surface area contributed by atoms with Gasteiger partial charge >= 0.3 is 5.97 Å². The van der Waals surface area contributed by atoms with Crippen LogP contribution < -0.4 is 0 Å². The van der Waals surface area contributed by atoms with E-state index in [4.69, 9.17) is 14.1 Å². The van der Waals surface area contributed by atoms with Crippen molar-refractivity contribution < 1.29 is 18.3 Å². The smallest absolute Gasteiger partial charge is 0.303 e. The molecule has 39 heavy (non-hydrogen) atoms. The molecule has 1 saturated carbocycles. The molecule has 6 nitrogen and oxygen atoms in total. The van der Waals surface area contributed by atoms with E-state index in [9.17, 15) is 9.18 Å². The zero-order valence-corrected chi connectivity index (χ0v) is 22.9. The SMILES string of the molecule is CC(=O)OC1SC1C1CCc2cc(-c3cnc(CC4(C)CCCC4)o3)c(-c3ccc4ccc(F)nc4c3)nc21. The molecule has 8 heteroatoms. The number of halogens is 1. The molecule has 2 aliphatic carbocycles. The highest BCUT2D eigenvalue weighted by molar-refractivity contribution is 8.07. The standard InChI is InChI=1S/C31H30FN3O3S/c1-17(36)37-30-29(39-30)21-9-7-19-13-22(24-16-33-26(38-24)15-31(2)11-3-4-12-31)28(35-27(19)21)20-6-5-18-8-10-25(32)34-23(18)14-20/h5-6,8,10,13-14,16,21,29-30H,3-4,7,9,11-12,15H2,1-2H3. The van der Waals surface area contributed by atoms with Crippen LogP contribution in [0.25, 0.3) is 33.5 Å². The normalized spacial score (nSPS) is 23.2. The Labute approximate surface area is 230 Å². The van der Waals surface area contributed by atoms with Crippen LogP contribution in [-0.4, -0.2) is 31.6 Å². The van der Waals surface area contributed by atoms with Crippen molar-refractivity contribution in [3.05, 3.63) is 65.7 Å². The molecule has 0 spiro atoms. The Balaban J connectivity index is 1.30. The first-order chi connectivity index (χ1) is 18.8. The molecule has 0 bridgehead atoms. The summed E-state index contributed by atoms with van der Waals surface area (Å²) in [7, 11) is 0. The second kappa shape index (κ2) is 9.44. The van der Waals surface area contributed by atoms with Gasteiger partial charge in [0, 0.05) is 41.5 Å². The quantitative estimate of drug-likeness (QED) is 0.144. The van der Waals surface area contributed by atoms with Gasteiger partial charge < -0.3 is 9.15 Å². The number of hydrogen-bond acceptors (Lipinski definition) is 7. The predicted molar refractivity (Wildman–Crippen MR) is 149 cm³/mol. The number of fused-ring (bicyclic) bond motifs is 2. The number of nitrogens with zero attached hydrogens (tertiary/aromatic N) is 3. The van der Waals surface area contributed by atoms with Gasteiger partial charge in [0.1, 0.15) is 0 Å². The molecule has 7 rings (SSSR count). The van der Waals surface area contributed by atoms with Crippen LogP contribution in [0.2, 0.25) is 0 Å². The number of oxazole rings is 1. The largest absolute Gasteiger partial charge is 0.450 e. The highest BCUT2D eigenvalue weighted by Gasteiger charge is 2.50. The van der Waals surface area contributed by atoms with Crippen molar-refractivity contribution in [1.82, 2.24) is 15.0 Å². The van der Waals surface area contributed by atoms with Crippen LogP contribution in [0.5, 0.6) is 0 Å². The Hall–Kier alpha value is -3.26. The van der Waals surface area contributed by atoms with Crippen molar-refractivity contribution in [2.75, 3.05) is 0 Å². The van der Waals surface area contributed by atoms with Gasteiger partial charge in [0.2, 0.25) is 5.95 Å². The van der Waals surface area contributed by atoms with E-state index in [2.05, 4.69) is 23.0 Å². The number of carbonyl (C=O) groups excluding carboxylic acids is 1. The van der Waals surface area contributed by atoms with Crippen molar-refractivity contribution in [1.29, 1.82) is 0 Å². The first-order valence-electron chi connectivity index (χ1n) is 13.7. The highest BCUT2D eigenvalue weighted by atomic mass is 32.2. The molecule has 3 unspecified atom stereocenters. The van der Waals surface area contributed by atoms with E-state index in [1.54, 1.807) is 17.8 Å². The summed E-state index contributed by atoms with van der Waals surface area (Å²) < 4.78 is 25.8. The molecule has 3 aromatic heterocycles. The molecule has 3 aliphatic rings. The second-order valence-corrected chi connectivity index (χ2v) is 12.8. The van der Waals surface area contributed by atoms with Gasteiger partial charge in [0.25, 0.3) is 0 Å². The molecular formula is C31H30FN3O3S. The van der Waals surface area contributed by atoms with Crippen molar-refractivity contribution >= 4 is 28.6 Å². The summed E-state index contributed by atoms with van der Waals surface area (Å²) in [5.74, 6) is 0.918. The summed E-state index contributed by atoms with van der Waals surface area (Å²) in [6, 6.07) is 11.2. The van der Waals surface area contributed by atoms with E-state index >= 15 is 0 Å². The van der Waals surface area contributed by atoms with Crippen LogP contribution >= 0.6 is 11.8 Å². The molecular weight excluding hydrogens is 513 g/mol. The van der Waals surface area contributed by atoms with Gasteiger partial charge in [-0.15, -0.1) is 11.8 Å². The Morgan fingerprint density at radius 2 is 2.00 bits per heavy atom. The fourth-order valence-electron chi connectivity index (χ4n) is 6.44. The lowest BCUT2D eigenvalue weighted by molar-refractivity contribution is -0.141. The predicted octanol–water partition coefficient (Wildman–Crippen LogP) is 7.25. The molecule has 1 saturated heterocycles. The zero-order valence-electron chi connectivity index (χ0n) is 22.1. The first kappa shape index (κ1) is 24.8. The van der Waals surface area contributed by atoms with Gasteiger partial charge in [-0.2, -0.15) is 4.39 Å². The summed E-state index contributed by atoms with van der Waals surface area (Å²) >= 11 is 1.69. The molecule has 1 aliphatic heterocycles. The van der Waals surface area contributed by atoms with Gasteiger partial charge in [-0.1, -0.05) is 31.9 Å². The van der Waals surface area contributed by atoms with Gasteiger partial charge in [-0.25, -0.2) is 9.97 Å². The van der Waals surface area contributed by atoms with Gasteiger partial charge in [-0.05, 0) is 60.9 Å². The summed E-state index contributed by atoms with van der Waals surface area (Å²) in [6.07, 6.45) is 9.45. The molecule has 200 valence electrons. The minimum absolute atomic E-state index is 0.106. The fourth-order valence-corrected chi connectivity index (χ4v) is 7.55. The number of ether oxygens (including phenoxy) is 1. The van der Waals surface area contributed by atoms with Gasteiger partial charge in [0.05, 0.1) is 22.7 Å². The van der Waals surface area contributed by atoms with E-state index < -0.39 is 5.95 Å². The number of hydrogen-bond donors (Lipinski definition) is 0. The van der Waals surface area contributed by atoms with E-state index in [1.807, 2.05) is 24.4 Å². The number of esters is 1. The molecule has 4 heterocycles. The number of thioether (sulfide) groups is 1. The Morgan fingerprint density at radius 3 is 2.82 bits per heavy atom. The van der Waals surface area contributed by atoms with E-state index in [1.165, 1.54) is 44.2 Å². The highest BCUT2D eigenvalue weighted by Crippen LogP contribution is 2.55. The van der Waals surface area contributed by atoms with Crippen LogP contribution in [0.1, 0.15) is 69.0 Å². The molecule has 0 amide bonds. The van der Waals surface area contributed by atoms with Crippen LogP contribution in [0.4, 0.5) is 4.39 Å². The lowest BCUT2D eigenvalue weighted by Gasteiger charge is -2.20. The Morgan fingerprint density at radius 1 is 1.18 bits per heavy atom. The summed E-state index contributed by atoms with van der Waals surface area (Å²) in [6.45, 7) is 3.78. The third kappa shape index (κ3) is 4.73. The monoisotopic (exact) mass is 543 g/mol. The zero-order chi connectivity index (χ0) is 26.7. The lowest BCUT2D eigenvalue weighted by atomic mass is 9.85. The van der Waals surface area contributed by atoms with E-state index in [0.717, 1.165) is 53.1 Å². The summed E-state index contributed by atoms with van der Waals surface area (Å²) in [5, 5.41) is 1.09. The topological polar surface area (TPSA) is 78.1 Å². The van der Waals surface area contributed by atoms with Crippen LogP contribution in [-0.2, 0) is 22.4 Å². The minimum atomic E-state index is -0.510. The van der Waals surface area contributed by atoms with Crippen LogP contribution in [0.3, 0.4) is 0 Å². The summed E-state index contributed by atoms with van der Waals surface area (Å²) in [4.78, 5) is 25.5. The average molecular weight is 544 g/mol. The number of aryl methyl sites for hydroxylation is 1. The molecule has 4 aromatic rings. The van der Waals surface area contributed by atoms with Gasteiger partial charge in [0.15, 0.2) is 17.1 Å². The van der Waals surface area contributed by atoms with Crippen LogP contribution in [0, 0.1) is 11.4 Å². The number of pyridine rings is 2. The summed E-state index contributed by atoms with van der Waals surface area (Å²) in [5.41, 5.74) is 5.47. The number of rotatable bonds is 6. The number of benzene rings is 1. The van der Waals surface area contributed by atoms with Crippen molar-refractivity contribution in [3.8, 4) is 22.6 Å². The Kier molecular flexibility index (Phi) is 5.99. The molecule has 0 radical (unpaired) electrons. The number of carbonyl (C=O) groups is 1. The third-order valence-electron chi connectivity index (χ3n) is 8.51. The Bertz CT molecular complexity index is 1600. The van der Waals surface area contributed by atoms with E-state index in [-0.39, 0.29) is 28.0 Å². The number of aromatic nitrogens is 3. The van der Waals surface area contributed by atoms with Crippen molar-refractivity contribution in [2.24, 2.45) is 5.41 Å². The molecule has 1 aromatic carbocycles. The second-order valence-electron chi connectivity index (χ2n) is 11.5. The van der Waals surface area contributed by atoms with Crippen molar-refractivity contribution in [3.63, 3.8) is 0 Å². The van der Waals surface area contributed by atoms with E-state index in [0.29, 0.717) is 11.3 Å². The van der Waals surface area contributed by atoms with Crippen LogP contribution in [0.15, 0.2) is 47.0 Å². The average Bonchev–Trinajstić information content (AvgIpc) is 3.25. The maximum absolute atomic E-state index is 14.0. The minimum Gasteiger partial charge on any atom is -0.450 e.